The molecule has 1 unspecified atom stereocenters. The minimum atomic E-state index is -4.21. The fourth-order valence-electron chi connectivity index (χ4n) is 2.79. The molecule has 2 aromatic heterocycles. The molecule has 3 rings (SSSR count). The molecule has 0 fully saturated rings. The van der Waals surface area contributed by atoms with Crippen LogP contribution in [0.4, 0.5) is 4.39 Å². The van der Waals surface area contributed by atoms with Crippen LogP contribution in [0.5, 0.6) is 0 Å². The smallest absolute Gasteiger partial charge is 0.332 e. The average Bonchev–Trinajstić information content (AvgIpc) is 3.22. The van der Waals surface area contributed by atoms with Gasteiger partial charge in [-0.3, -0.25) is 10.3 Å². The van der Waals surface area contributed by atoms with E-state index in [2.05, 4.69) is 15.4 Å². The van der Waals surface area contributed by atoms with E-state index in [4.69, 9.17) is 9.84 Å². The molecule has 0 aliphatic carbocycles. The van der Waals surface area contributed by atoms with Crippen LogP contribution in [0.15, 0.2) is 70.7 Å². The predicted octanol–water partition coefficient (Wildman–Crippen LogP) is 1.95. The third-order valence-corrected chi connectivity index (χ3v) is 6.08. The van der Waals surface area contributed by atoms with Gasteiger partial charge in [0.2, 0.25) is 9.84 Å². The molecule has 0 saturated heterocycles. The Morgan fingerprint density at radius 1 is 1.21 bits per heavy atom. The number of hydrogen-bond acceptors (Lipinski definition) is 8. The number of para-hydroxylation sites is 1. The van der Waals surface area contributed by atoms with E-state index in [0.717, 1.165) is 16.8 Å². The maximum atomic E-state index is 14.5. The lowest BCUT2D eigenvalue weighted by molar-refractivity contribution is -0.145. The van der Waals surface area contributed by atoms with Crippen LogP contribution in [0, 0.1) is 12.7 Å². The molecule has 3 aromatic rings. The summed E-state index contributed by atoms with van der Waals surface area (Å²) in [6.45, 7) is 1.70. The van der Waals surface area contributed by atoms with Gasteiger partial charge in [-0.05, 0) is 38.2 Å². The lowest BCUT2D eigenvalue weighted by Crippen LogP contribution is -2.23. The molecule has 0 spiro atoms. The molecule has 12 heteroatoms. The number of esters is 1. The van der Waals surface area contributed by atoms with E-state index in [9.17, 15) is 22.4 Å². The number of carbonyl (C=O) groups is 2. The van der Waals surface area contributed by atoms with Gasteiger partial charge >= 0.3 is 11.9 Å². The fourth-order valence-corrected chi connectivity index (χ4v) is 4.12. The molecule has 2 heterocycles. The van der Waals surface area contributed by atoms with Crippen LogP contribution in [0.25, 0.3) is 5.69 Å². The standard InChI is InChI=1S/C21H19FN4O6S/c1-13-7-8-14(12-24-13)33(30,31)18-11-16(21(23-2)32-20(29)10-9-19(27)28)25-26(18)17-6-4-3-5-15(17)22/h3-12,21,23H,1-2H3,(H,27,28)/b10-9+. The molecule has 0 saturated carbocycles. The van der Waals surface area contributed by atoms with Crippen molar-refractivity contribution < 1.29 is 32.2 Å². The number of aromatic nitrogens is 3. The van der Waals surface area contributed by atoms with Crippen molar-refractivity contribution in [1.82, 2.24) is 20.1 Å². The number of aliphatic carboxylic acids is 1. The molecule has 1 aromatic carbocycles. The van der Waals surface area contributed by atoms with Crippen molar-refractivity contribution >= 4 is 21.8 Å². The van der Waals surface area contributed by atoms with Crippen LogP contribution in [0.1, 0.15) is 17.6 Å². The number of rotatable bonds is 8. The number of halogens is 1. The average molecular weight is 474 g/mol. The van der Waals surface area contributed by atoms with Crippen molar-refractivity contribution in [3.05, 3.63) is 78.0 Å². The van der Waals surface area contributed by atoms with Gasteiger partial charge in [0.05, 0.1) is 4.90 Å². The number of carbonyl (C=O) groups excluding carboxylic acids is 1. The topological polar surface area (TPSA) is 140 Å². The van der Waals surface area contributed by atoms with Gasteiger partial charge < -0.3 is 9.84 Å². The first-order valence-corrected chi connectivity index (χ1v) is 10.9. The van der Waals surface area contributed by atoms with Crippen molar-refractivity contribution in [1.29, 1.82) is 0 Å². The second kappa shape index (κ2) is 9.71. The molecule has 2 N–H and O–H groups in total. The highest BCUT2D eigenvalue weighted by Crippen LogP contribution is 2.27. The quantitative estimate of drug-likeness (QED) is 0.285. The molecule has 0 amide bonds. The normalized spacial score (nSPS) is 12.6. The summed E-state index contributed by atoms with van der Waals surface area (Å²) in [5.74, 6) is -3.09. The van der Waals surface area contributed by atoms with Gasteiger partial charge in [0.25, 0.3) is 0 Å². The van der Waals surface area contributed by atoms with Crippen LogP contribution < -0.4 is 5.32 Å². The van der Waals surface area contributed by atoms with E-state index in [0.29, 0.717) is 17.8 Å². The van der Waals surface area contributed by atoms with E-state index in [1.807, 2.05) is 0 Å². The van der Waals surface area contributed by atoms with E-state index >= 15 is 0 Å². The lowest BCUT2D eigenvalue weighted by atomic mass is 10.3. The number of nitrogens with one attached hydrogen (secondary N) is 1. The summed E-state index contributed by atoms with van der Waals surface area (Å²) < 4.78 is 47.3. The zero-order valence-corrected chi connectivity index (χ0v) is 18.3. The fraction of sp³-hybridized carbons (Fsp3) is 0.143. The maximum Gasteiger partial charge on any atom is 0.332 e. The van der Waals surface area contributed by atoms with Crippen molar-refractivity contribution in [2.24, 2.45) is 0 Å². The molecule has 0 radical (unpaired) electrons. The minimum absolute atomic E-state index is 0.0588. The monoisotopic (exact) mass is 474 g/mol. The van der Waals surface area contributed by atoms with Gasteiger partial charge in [0, 0.05) is 30.1 Å². The second-order valence-electron chi connectivity index (χ2n) is 6.69. The largest absolute Gasteiger partial charge is 0.478 e. The number of sulfone groups is 1. The third kappa shape index (κ3) is 5.30. The first-order chi connectivity index (χ1) is 15.6. The number of carboxylic acids is 1. The number of nitrogens with zero attached hydrogens (tertiary/aromatic N) is 3. The highest BCUT2D eigenvalue weighted by Gasteiger charge is 2.29. The van der Waals surface area contributed by atoms with Crippen LogP contribution in [0.2, 0.25) is 0 Å². The highest BCUT2D eigenvalue weighted by atomic mass is 32.2. The van der Waals surface area contributed by atoms with E-state index in [1.165, 1.54) is 43.6 Å². The number of carboxylic acid groups (broad SMARTS) is 1. The summed E-state index contributed by atoms with van der Waals surface area (Å²) in [6.07, 6.45) is 1.20. The van der Waals surface area contributed by atoms with Gasteiger partial charge in [-0.1, -0.05) is 12.1 Å². The lowest BCUT2D eigenvalue weighted by Gasteiger charge is -2.13. The predicted molar refractivity (Wildman–Crippen MR) is 113 cm³/mol. The van der Waals surface area contributed by atoms with Crippen LogP contribution in [-0.4, -0.2) is 47.3 Å². The summed E-state index contributed by atoms with van der Waals surface area (Å²) in [7, 11) is -2.80. The molecule has 0 aliphatic heterocycles. The van der Waals surface area contributed by atoms with Crippen LogP contribution in [-0.2, 0) is 24.2 Å². The Morgan fingerprint density at radius 2 is 1.94 bits per heavy atom. The molecule has 0 bridgehead atoms. The van der Waals surface area contributed by atoms with E-state index in [-0.39, 0.29) is 21.3 Å². The second-order valence-corrected chi connectivity index (χ2v) is 8.58. The number of benzene rings is 1. The Balaban J connectivity index is 2.12. The Bertz CT molecular complexity index is 1320. The molecular formula is C21H19FN4O6S. The Morgan fingerprint density at radius 3 is 2.55 bits per heavy atom. The molecular weight excluding hydrogens is 455 g/mol. The third-order valence-electron chi connectivity index (χ3n) is 4.37. The Hall–Kier alpha value is -3.90. The number of ether oxygens (including phenoxy) is 1. The maximum absolute atomic E-state index is 14.5. The Kier molecular flexibility index (Phi) is 6.99. The number of aryl methyl sites for hydroxylation is 1. The SMILES string of the molecule is CNC(OC(=O)/C=C/C(=O)O)c1cc(S(=O)(=O)c2ccc(C)nc2)n(-c2ccccc2F)n1. The first kappa shape index (κ1) is 23.8. The summed E-state index contributed by atoms with van der Waals surface area (Å²) in [4.78, 5) is 26.4. The van der Waals surface area contributed by atoms with Crippen molar-refractivity contribution in [3.8, 4) is 5.69 Å². The minimum Gasteiger partial charge on any atom is -0.478 e. The summed E-state index contributed by atoms with van der Waals surface area (Å²) in [6, 6.07) is 9.45. The van der Waals surface area contributed by atoms with Crippen LogP contribution >= 0.6 is 0 Å². The first-order valence-electron chi connectivity index (χ1n) is 9.45. The summed E-state index contributed by atoms with van der Waals surface area (Å²) in [5.41, 5.74) is 0.402. The Labute approximate surface area is 188 Å². The molecule has 33 heavy (non-hydrogen) atoms. The zero-order valence-electron chi connectivity index (χ0n) is 17.5. The number of hydrogen-bond donors (Lipinski definition) is 2. The summed E-state index contributed by atoms with van der Waals surface area (Å²) >= 11 is 0. The van der Waals surface area contributed by atoms with Crippen LogP contribution in [0.3, 0.4) is 0 Å². The molecule has 1 atom stereocenters. The molecule has 10 nitrogen and oxygen atoms in total. The van der Waals surface area contributed by atoms with Gasteiger partial charge in [0.15, 0.2) is 11.3 Å². The van der Waals surface area contributed by atoms with Gasteiger partial charge in [0.1, 0.15) is 17.2 Å². The van der Waals surface area contributed by atoms with E-state index in [1.54, 1.807) is 6.92 Å². The van der Waals surface area contributed by atoms with Crippen molar-refractivity contribution in [2.75, 3.05) is 7.05 Å². The van der Waals surface area contributed by atoms with Crippen molar-refractivity contribution in [2.45, 2.75) is 23.1 Å². The summed E-state index contributed by atoms with van der Waals surface area (Å²) in [5, 5.41) is 15.1. The molecule has 0 aliphatic rings. The van der Waals surface area contributed by atoms with Gasteiger partial charge in [-0.25, -0.2) is 27.1 Å². The van der Waals surface area contributed by atoms with Gasteiger partial charge in [-0.2, -0.15) is 5.10 Å². The highest BCUT2D eigenvalue weighted by molar-refractivity contribution is 7.91. The van der Waals surface area contributed by atoms with E-state index < -0.39 is 33.8 Å². The molecule has 172 valence electrons. The van der Waals surface area contributed by atoms with Crippen molar-refractivity contribution in [3.63, 3.8) is 0 Å². The van der Waals surface area contributed by atoms with Gasteiger partial charge in [-0.15, -0.1) is 0 Å². The zero-order chi connectivity index (χ0) is 24.2. The number of pyridine rings is 1.